The molecule has 2 bridgehead atoms. The molecule has 2 amide bonds. The molecule has 0 radical (unpaired) electrons. The van der Waals surface area contributed by atoms with E-state index in [-0.39, 0.29) is 37.5 Å². The number of aliphatic hydroxyl groups is 1. The number of rotatable bonds is 14. The van der Waals surface area contributed by atoms with Crippen LogP contribution in [0.15, 0.2) is 49.6 Å². The van der Waals surface area contributed by atoms with Gasteiger partial charge in [0.25, 0.3) is 5.91 Å². The van der Waals surface area contributed by atoms with Crippen molar-refractivity contribution >= 4 is 35.1 Å². The maximum absolute atomic E-state index is 14.6. The van der Waals surface area contributed by atoms with E-state index in [1.54, 1.807) is 35.2 Å². The van der Waals surface area contributed by atoms with Crippen LogP contribution < -0.4 is 4.90 Å². The molecular formula is C32H43ClN2O6. The number of amides is 2. The predicted molar refractivity (Wildman–Crippen MR) is 158 cm³/mol. The first-order valence-corrected chi connectivity index (χ1v) is 15.0. The summed E-state index contributed by atoms with van der Waals surface area (Å²) in [5, 5.41) is 11.0. The van der Waals surface area contributed by atoms with Crippen LogP contribution in [0.25, 0.3) is 0 Å². The Hall–Kier alpha value is -2.68. The van der Waals surface area contributed by atoms with Crippen LogP contribution in [-0.4, -0.2) is 70.8 Å². The first-order chi connectivity index (χ1) is 19.5. The number of esters is 1. The quantitative estimate of drug-likeness (QED) is 0.189. The van der Waals surface area contributed by atoms with E-state index in [9.17, 15) is 19.5 Å². The second-order valence-corrected chi connectivity index (χ2v) is 12.5. The molecule has 3 heterocycles. The Labute approximate surface area is 248 Å². The van der Waals surface area contributed by atoms with Crippen molar-refractivity contribution in [3.63, 3.8) is 0 Å². The van der Waals surface area contributed by atoms with Gasteiger partial charge in [-0.2, -0.15) is 0 Å². The molecule has 0 aliphatic carbocycles. The van der Waals surface area contributed by atoms with Crippen LogP contribution in [0.1, 0.15) is 59.3 Å². The van der Waals surface area contributed by atoms with E-state index >= 15 is 0 Å². The van der Waals surface area contributed by atoms with E-state index in [2.05, 4.69) is 13.2 Å². The van der Waals surface area contributed by atoms with Gasteiger partial charge in [0.15, 0.2) is 0 Å². The minimum Gasteiger partial charge on any atom is -0.465 e. The fourth-order valence-electron chi connectivity index (χ4n) is 7.09. The van der Waals surface area contributed by atoms with Crippen molar-refractivity contribution in [2.45, 2.75) is 82.6 Å². The summed E-state index contributed by atoms with van der Waals surface area (Å²) in [6, 6.07) is 5.26. The molecule has 8 nitrogen and oxygen atoms in total. The van der Waals surface area contributed by atoms with Gasteiger partial charge in [-0.25, -0.2) is 0 Å². The van der Waals surface area contributed by atoms with Crippen LogP contribution in [0, 0.1) is 17.8 Å². The Balaban J connectivity index is 1.75. The van der Waals surface area contributed by atoms with Gasteiger partial charge in [0.1, 0.15) is 17.6 Å². The Morgan fingerprint density at radius 2 is 1.93 bits per heavy atom. The monoisotopic (exact) mass is 586 g/mol. The van der Waals surface area contributed by atoms with Crippen LogP contribution in [0.4, 0.5) is 5.69 Å². The van der Waals surface area contributed by atoms with Crippen molar-refractivity contribution in [1.29, 1.82) is 0 Å². The molecule has 224 valence electrons. The summed E-state index contributed by atoms with van der Waals surface area (Å²) in [6.07, 6.45) is 7.28. The lowest BCUT2D eigenvalue weighted by molar-refractivity contribution is -0.160. The van der Waals surface area contributed by atoms with Gasteiger partial charge in [-0.3, -0.25) is 14.4 Å². The Morgan fingerprint density at radius 1 is 1.22 bits per heavy atom. The van der Waals surface area contributed by atoms with Crippen molar-refractivity contribution in [2.75, 3.05) is 24.7 Å². The molecule has 41 heavy (non-hydrogen) atoms. The van der Waals surface area contributed by atoms with Crippen LogP contribution in [-0.2, 0) is 23.9 Å². The number of fused-ring (bicyclic) bond motifs is 1. The van der Waals surface area contributed by atoms with Gasteiger partial charge < -0.3 is 24.4 Å². The summed E-state index contributed by atoms with van der Waals surface area (Å²) >= 11 is 6.12. The highest BCUT2D eigenvalue weighted by molar-refractivity contribution is 6.30. The Morgan fingerprint density at radius 3 is 2.54 bits per heavy atom. The zero-order valence-electron chi connectivity index (χ0n) is 24.4. The van der Waals surface area contributed by atoms with Gasteiger partial charge in [-0.15, -0.1) is 13.2 Å². The summed E-state index contributed by atoms with van der Waals surface area (Å²) in [4.78, 5) is 45.7. The summed E-state index contributed by atoms with van der Waals surface area (Å²) in [7, 11) is 0. The number of aliphatic hydroxyl groups excluding tert-OH is 1. The van der Waals surface area contributed by atoms with Crippen molar-refractivity contribution < 1.29 is 29.0 Å². The summed E-state index contributed by atoms with van der Waals surface area (Å²) in [6.45, 7) is 13.6. The summed E-state index contributed by atoms with van der Waals surface area (Å²) in [5.74, 6) is -2.72. The number of benzene rings is 1. The van der Waals surface area contributed by atoms with Gasteiger partial charge in [0.2, 0.25) is 5.91 Å². The van der Waals surface area contributed by atoms with Crippen LogP contribution in [0.3, 0.4) is 0 Å². The number of unbranched alkanes of at least 4 members (excludes halogenated alkanes) is 2. The maximum Gasteiger partial charge on any atom is 0.312 e. The highest BCUT2D eigenvalue weighted by Crippen LogP contribution is 2.64. The molecule has 3 aliphatic heterocycles. The molecule has 1 aromatic carbocycles. The lowest BCUT2D eigenvalue weighted by Gasteiger charge is -2.40. The molecule has 3 saturated heterocycles. The third-order valence-corrected chi connectivity index (χ3v) is 9.06. The number of carbonyl (C=O) groups is 3. The number of anilines is 1. The predicted octanol–water partition coefficient (Wildman–Crippen LogP) is 4.93. The van der Waals surface area contributed by atoms with Crippen LogP contribution in [0.5, 0.6) is 0 Å². The lowest BCUT2D eigenvalue weighted by Crippen LogP contribution is -2.59. The largest absolute Gasteiger partial charge is 0.465 e. The average molecular weight is 587 g/mol. The molecule has 1 N–H and O–H groups in total. The number of allylic oxidation sites excluding steroid dienone is 1. The zero-order valence-corrected chi connectivity index (χ0v) is 25.1. The van der Waals surface area contributed by atoms with E-state index in [0.717, 1.165) is 12.8 Å². The van der Waals surface area contributed by atoms with E-state index < -0.39 is 41.1 Å². The maximum atomic E-state index is 14.6. The van der Waals surface area contributed by atoms with Gasteiger partial charge in [0.05, 0.1) is 30.8 Å². The third kappa shape index (κ3) is 5.71. The van der Waals surface area contributed by atoms with E-state index in [1.165, 1.54) is 4.90 Å². The highest BCUT2D eigenvalue weighted by Gasteiger charge is 2.79. The van der Waals surface area contributed by atoms with Gasteiger partial charge in [-0.05, 0) is 75.6 Å². The average Bonchev–Trinajstić information content (AvgIpc) is 3.51. The van der Waals surface area contributed by atoms with Crippen LogP contribution in [0.2, 0.25) is 5.02 Å². The fourth-order valence-corrected chi connectivity index (χ4v) is 7.21. The first kappa shape index (κ1) is 31.3. The lowest BCUT2D eigenvalue weighted by atomic mass is 9.66. The van der Waals surface area contributed by atoms with Crippen molar-refractivity contribution in [3.8, 4) is 0 Å². The second-order valence-electron chi connectivity index (χ2n) is 12.1. The van der Waals surface area contributed by atoms with Gasteiger partial charge in [-0.1, -0.05) is 37.6 Å². The number of halogens is 1. The normalized spacial score (nSPS) is 29.0. The molecule has 0 aromatic heterocycles. The summed E-state index contributed by atoms with van der Waals surface area (Å²) < 4.78 is 12.4. The fraction of sp³-hybridized carbons (Fsp3) is 0.594. The van der Waals surface area contributed by atoms with Crippen molar-refractivity contribution in [3.05, 3.63) is 54.6 Å². The number of hydrogen-bond donors (Lipinski definition) is 1. The first-order valence-electron chi connectivity index (χ1n) is 14.6. The Bertz CT molecular complexity index is 1160. The van der Waals surface area contributed by atoms with E-state index in [0.29, 0.717) is 36.4 Å². The SMILES string of the molecule is C=CCCCCOC(=O)[C@H]1[C@H]2C(=O)N([C@@H](CO)CC(C)C)C(C(=O)N(CC=C)c3ccc(Cl)cc3)C23CC[C@]1(C)O3. The smallest absolute Gasteiger partial charge is 0.312 e. The standard InChI is InChI=1S/C32H43ClN2O6/c1-6-8-9-10-18-40-30(39)26-25-28(37)35(24(20-36)19-21(3)4)27(32(25)16-15-31(26,5)41-32)29(38)34(17-7-2)23-13-11-22(33)12-14-23/h6-7,11-14,21,24-27,36H,1-2,8-10,15-20H2,3-5H3/t24-,25+,26-,27?,31+,32?/m1/s1. The van der Waals surface area contributed by atoms with Crippen molar-refractivity contribution in [2.24, 2.45) is 17.8 Å². The molecule has 9 heteroatoms. The molecule has 4 rings (SSSR count). The molecule has 1 spiro atoms. The molecule has 0 saturated carbocycles. The van der Waals surface area contributed by atoms with Gasteiger partial charge >= 0.3 is 5.97 Å². The Kier molecular flexibility index (Phi) is 9.66. The van der Waals surface area contributed by atoms with Crippen molar-refractivity contribution in [1.82, 2.24) is 4.90 Å². The molecular weight excluding hydrogens is 544 g/mol. The highest BCUT2D eigenvalue weighted by atomic mass is 35.5. The molecule has 3 fully saturated rings. The van der Waals surface area contributed by atoms with Gasteiger partial charge in [0, 0.05) is 17.3 Å². The molecule has 3 aliphatic rings. The van der Waals surface area contributed by atoms with E-state index in [4.69, 9.17) is 21.1 Å². The number of nitrogens with zero attached hydrogens (tertiary/aromatic N) is 2. The number of carbonyl (C=O) groups excluding carboxylic acids is 3. The third-order valence-electron chi connectivity index (χ3n) is 8.81. The number of likely N-dealkylation sites (tertiary alicyclic amines) is 1. The zero-order chi connectivity index (χ0) is 29.9. The molecule has 1 aromatic rings. The molecule has 6 atom stereocenters. The van der Waals surface area contributed by atoms with Crippen LogP contribution >= 0.6 is 11.6 Å². The van der Waals surface area contributed by atoms with E-state index in [1.807, 2.05) is 26.8 Å². The summed E-state index contributed by atoms with van der Waals surface area (Å²) in [5.41, 5.74) is -1.55. The minimum absolute atomic E-state index is 0.153. The minimum atomic E-state index is -1.22. The number of ether oxygens (including phenoxy) is 2. The topological polar surface area (TPSA) is 96.4 Å². The number of hydrogen-bond acceptors (Lipinski definition) is 6. The molecule has 2 unspecified atom stereocenters. The second kappa shape index (κ2) is 12.7.